The maximum atomic E-state index is 2.00. The molecule has 0 saturated carbocycles. The molecule has 4 heteroatoms. The van der Waals surface area contributed by atoms with Crippen LogP contribution >= 0.6 is 0 Å². The van der Waals surface area contributed by atoms with E-state index in [-0.39, 0.29) is 71.9 Å². The van der Waals surface area contributed by atoms with Crippen molar-refractivity contribution in [2.75, 3.05) is 0 Å². The van der Waals surface area contributed by atoms with Crippen molar-refractivity contribution in [2.45, 2.75) is 5.76 Å². The molecule has 0 aromatic rings. The van der Waals surface area contributed by atoms with E-state index in [1.807, 2.05) is 22.3 Å². The summed E-state index contributed by atoms with van der Waals surface area (Å²) in [5, 5.41) is 0. The average molecular weight is 468 g/mol. The van der Waals surface area contributed by atoms with Crippen molar-refractivity contribution in [3.05, 3.63) is 0 Å². The van der Waals surface area contributed by atoms with Gasteiger partial charge in [-0.25, -0.2) is 0 Å². The van der Waals surface area contributed by atoms with Gasteiger partial charge in [0.1, 0.15) is 0 Å². The van der Waals surface area contributed by atoms with E-state index < -0.39 is 0 Å². The minimum atomic E-state index is 0. The third kappa shape index (κ3) is 20.2. The van der Waals surface area contributed by atoms with Gasteiger partial charge in [-0.2, -0.15) is 0 Å². The van der Waals surface area contributed by atoms with Crippen LogP contribution in [0.25, 0.3) is 0 Å². The van der Waals surface area contributed by atoms with Crippen LogP contribution in [-0.2, 0) is 0 Å². The fourth-order valence-electron chi connectivity index (χ4n) is 0. The first kappa shape index (κ1) is 25.2. The molecule has 0 N–H and O–H groups in total. The van der Waals surface area contributed by atoms with Crippen LogP contribution in [0.5, 0.6) is 0 Å². The number of hydrogen-bond donors (Lipinski definition) is 0. The van der Waals surface area contributed by atoms with E-state index in [0.717, 1.165) is 0 Å². The number of halogens is 3. The summed E-state index contributed by atoms with van der Waals surface area (Å²) in [5.41, 5.74) is 0. The van der Waals surface area contributed by atoms with Gasteiger partial charge in [0, 0.05) is 0 Å². The molecule has 0 aliphatic carbocycles. The summed E-state index contributed by atoms with van der Waals surface area (Å²) in [7, 11) is 0. The Kier molecular flexibility index (Phi) is 149. The Hall–Kier alpha value is 2.73. The Morgan fingerprint density at radius 3 is 0.800 bits per heavy atom. The third-order valence-corrected chi connectivity index (χ3v) is 0. The average Bonchev–Trinajstić information content (AvgIpc) is 1.00. The summed E-state index contributed by atoms with van der Waals surface area (Å²) in [6.45, 7) is 0. The molecule has 32 valence electrons. The van der Waals surface area contributed by atoms with Gasteiger partial charge < -0.3 is 71.9 Å². The first-order valence-corrected chi connectivity index (χ1v) is 2.60. The maximum Gasteiger partial charge on any atom is -1.00 e. The first-order valence-electron chi connectivity index (χ1n) is 0.500. The molecule has 5 heavy (non-hydrogen) atoms. The molecule has 0 fully saturated rings. The van der Waals surface area contributed by atoms with E-state index in [1.165, 1.54) is 0 Å². The molecule has 0 rings (SSSR count). The van der Waals surface area contributed by atoms with Crippen LogP contribution in [0.1, 0.15) is 0 Å². The molecule has 0 saturated heterocycles. The van der Waals surface area contributed by atoms with Gasteiger partial charge in [-0.1, -0.05) is 0 Å². The second-order valence-electron chi connectivity index (χ2n) is 0. The predicted molar refractivity (Wildman–Crippen MR) is 11.6 cm³/mol. The monoisotopic (exact) mass is 470 g/mol. The second kappa shape index (κ2) is 29.6. The van der Waals surface area contributed by atoms with Gasteiger partial charge in [-0.15, -0.1) is 0 Å². The van der Waals surface area contributed by atoms with E-state index in [0.29, 0.717) is 0 Å². The largest absolute Gasteiger partial charge is 1.00 e. The van der Waals surface area contributed by atoms with Gasteiger partial charge in [0.15, 0.2) is 0 Å². The zero-order valence-corrected chi connectivity index (χ0v) is 11.2. The fourth-order valence-corrected chi connectivity index (χ4v) is 0. The Balaban J connectivity index is -0.00000000167. The molecule has 0 aliphatic heterocycles. The Morgan fingerprint density at radius 1 is 0.800 bits per heavy atom. The van der Waals surface area contributed by atoms with E-state index in [9.17, 15) is 0 Å². The van der Waals surface area contributed by atoms with Gasteiger partial charge in [0.2, 0.25) is 0 Å². The minimum Gasteiger partial charge on any atom is -1.00 e. The van der Waals surface area contributed by atoms with Crippen LogP contribution in [0.15, 0.2) is 0 Å². The molecule has 0 bridgehead atoms. The van der Waals surface area contributed by atoms with Crippen LogP contribution in [0, 0.1) is 0 Å². The van der Waals surface area contributed by atoms with E-state index in [1.54, 1.807) is 0 Å². The zero-order chi connectivity index (χ0) is 2.00. The molecule has 0 spiro atoms. The summed E-state index contributed by atoms with van der Waals surface area (Å²) >= 11 is 2.00. The fraction of sp³-hybridized carbons (Fsp3) is 1.00. The normalized spacial score (nSPS) is 1.40. The molecular formula is CH3GeI3. The summed E-state index contributed by atoms with van der Waals surface area (Å²) in [6.07, 6.45) is 0. The van der Waals surface area contributed by atoms with Crippen molar-refractivity contribution in [1.29, 1.82) is 0 Å². The second-order valence-corrected chi connectivity index (χ2v) is 0. The van der Waals surface area contributed by atoms with E-state index in [2.05, 4.69) is 0 Å². The van der Waals surface area contributed by atoms with Gasteiger partial charge in [0.05, 0.1) is 0 Å². The van der Waals surface area contributed by atoms with Crippen LogP contribution in [0.3, 0.4) is 0 Å². The van der Waals surface area contributed by atoms with Crippen molar-refractivity contribution in [1.82, 2.24) is 0 Å². The summed E-state index contributed by atoms with van der Waals surface area (Å²) in [4.78, 5) is 0. The molecule has 0 aromatic carbocycles. The summed E-state index contributed by atoms with van der Waals surface area (Å²) in [5.74, 6) is 2.00. The summed E-state index contributed by atoms with van der Waals surface area (Å²) < 4.78 is 0. The smallest absolute Gasteiger partial charge is 1.00 e. The van der Waals surface area contributed by atoms with E-state index >= 15 is 0 Å². The molecule has 0 nitrogen and oxygen atoms in total. The number of rotatable bonds is 0. The van der Waals surface area contributed by atoms with Crippen molar-refractivity contribution < 1.29 is 71.9 Å². The van der Waals surface area contributed by atoms with Crippen LogP contribution in [0.2, 0.25) is 5.76 Å². The van der Waals surface area contributed by atoms with Crippen LogP contribution < -0.4 is 71.9 Å². The van der Waals surface area contributed by atoms with Gasteiger partial charge in [-0.05, 0) is 0 Å². The Labute approximate surface area is 92.5 Å². The van der Waals surface area contributed by atoms with E-state index in [4.69, 9.17) is 0 Å². The standard InChI is InChI=1S/CH3Ge.3HI/c1-2;;;/h1H3;3*1H/q+3;;;/p-3. The SMILES string of the molecule is [CH3][Ge+3].[I-].[I-].[I-]. The Morgan fingerprint density at radius 2 is 0.800 bits per heavy atom. The van der Waals surface area contributed by atoms with Crippen molar-refractivity contribution in [2.24, 2.45) is 0 Å². The van der Waals surface area contributed by atoms with Crippen LogP contribution in [0.4, 0.5) is 0 Å². The van der Waals surface area contributed by atoms with Crippen molar-refractivity contribution in [3.63, 3.8) is 0 Å². The third-order valence-electron chi connectivity index (χ3n) is 0. The predicted octanol–water partition coefficient (Wildman–Crippen LogP) is -8.79. The van der Waals surface area contributed by atoms with Crippen molar-refractivity contribution >= 4 is 16.5 Å². The molecule has 0 radical (unpaired) electrons. The van der Waals surface area contributed by atoms with Gasteiger partial charge in [-0.3, -0.25) is 0 Å². The van der Waals surface area contributed by atoms with Gasteiger partial charge >= 0.3 is 22.3 Å². The molecule has 0 aliphatic rings. The zero-order valence-electron chi connectivity index (χ0n) is 2.63. The molecule has 0 heterocycles. The molecular weight excluding hydrogens is 465 g/mol. The molecule has 0 amide bonds. The molecule has 0 atom stereocenters. The molecule has 0 aromatic heterocycles. The number of hydrogen-bond acceptors (Lipinski definition) is 0. The van der Waals surface area contributed by atoms with Crippen LogP contribution in [-0.4, -0.2) is 16.5 Å². The van der Waals surface area contributed by atoms with Crippen molar-refractivity contribution in [3.8, 4) is 0 Å². The summed E-state index contributed by atoms with van der Waals surface area (Å²) in [6, 6.07) is 0. The quantitative estimate of drug-likeness (QED) is 0.245. The first-order chi connectivity index (χ1) is 1.00. The van der Waals surface area contributed by atoms with Gasteiger partial charge in [0.25, 0.3) is 0 Å². The minimum absolute atomic E-state index is 0. The maximum absolute atomic E-state index is 2.00. The molecule has 0 unspecified atom stereocenters. The topological polar surface area (TPSA) is 0 Å². The Bertz CT molecular complexity index is 6.85.